The molecule has 1 unspecified atom stereocenters. The molecule has 0 saturated carbocycles. The quantitative estimate of drug-likeness (QED) is 0.256. The summed E-state index contributed by atoms with van der Waals surface area (Å²) in [6.07, 6.45) is 0.933. The van der Waals surface area contributed by atoms with Crippen LogP contribution in [-0.4, -0.2) is 67.7 Å². The number of hydrogen-bond donors (Lipinski definition) is 2. The maximum Gasteiger partial charge on any atom is 0.235 e. The molecule has 0 rings (SSSR count). The number of nitrogens with one attached hydrogen (secondary N) is 1. The molecule has 1 atom stereocenters. The highest BCUT2D eigenvalue weighted by atomic mass is 32.1. The lowest BCUT2D eigenvalue weighted by atomic mass is 10.1. The molecule has 0 spiro atoms. The fourth-order valence-corrected chi connectivity index (χ4v) is 1.90. The second-order valence-electron chi connectivity index (χ2n) is 5.23. The number of carbonyl (C=O) groups is 4. The number of thiol groups is 1. The Hall–Kier alpha value is -1.45. The second-order valence-corrected chi connectivity index (χ2v) is 5.71. The van der Waals surface area contributed by atoms with Crippen molar-refractivity contribution in [2.24, 2.45) is 5.92 Å². The van der Waals surface area contributed by atoms with E-state index in [1.807, 2.05) is 0 Å². The summed E-state index contributed by atoms with van der Waals surface area (Å²) in [7, 11) is 0. The number of rotatable bonds is 14. The third kappa shape index (κ3) is 12.0. The van der Waals surface area contributed by atoms with Crippen LogP contribution in [0.2, 0.25) is 0 Å². The number of hydrogen-bond acceptors (Lipinski definition) is 7. The maximum atomic E-state index is 11.8. The molecular weight excluding hydrogens is 336 g/mol. The standard InChI is InChI=1S/C15H26N2O6S/c1-12(4-7-18)15(21)17(24)6-3-14(20)16-5-8-22-9-10-23-11-13(2)19/h7,12,24H,3-6,8-11H2,1-2H3,(H,16,20). The van der Waals surface area contributed by atoms with E-state index in [9.17, 15) is 19.2 Å². The van der Waals surface area contributed by atoms with Crippen molar-refractivity contribution in [1.29, 1.82) is 0 Å². The van der Waals surface area contributed by atoms with E-state index in [4.69, 9.17) is 9.47 Å². The van der Waals surface area contributed by atoms with Gasteiger partial charge in [0.2, 0.25) is 11.8 Å². The van der Waals surface area contributed by atoms with Crippen LogP contribution in [0.15, 0.2) is 0 Å². The molecule has 1 N–H and O–H groups in total. The van der Waals surface area contributed by atoms with Crippen LogP contribution in [0.1, 0.15) is 26.7 Å². The summed E-state index contributed by atoms with van der Waals surface area (Å²) in [6.45, 7) is 4.65. The molecule has 0 aromatic carbocycles. The zero-order valence-corrected chi connectivity index (χ0v) is 15.0. The van der Waals surface area contributed by atoms with E-state index in [-0.39, 0.29) is 43.6 Å². The molecule has 0 aliphatic rings. The van der Waals surface area contributed by atoms with Crippen molar-refractivity contribution in [3.63, 3.8) is 0 Å². The van der Waals surface area contributed by atoms with Crippen LogP contribution in [0.25, 0.3) is 0 Å². The van der Waals surface area contributed by atoms with Crippen molar-refractivity contribution < 1.29 is 28.7 Å². The fourth-order valence-electron chi connectivity index (χ4n) is 1.60. The van der Waals surface area contributed by atoms with E-state index < -0.39 is 5.92 Å². The van der Waals surface area contributed by atoms with Crippen molar-refractivity contribution in [2.45, 2.75) is 26.7 Å². The van der Waals surface area contributed by atoms with Crippen LogP contribution < -0.4 is 5.32 Å². The Bertz CT molecular complexity index is 419. The summed E-state index contributed by atoms with van der Waals surface area (Å²) in [6, 6.07) is 0. The molecule has 0 aromatic heterocycles. The Kier molecular flexibility index (Phi) is 13.1. The first-order valence-electron chi connectivity index (χ1n) is 7.74. The smallest absolute Gasteiger partial charge is 0.235 e. The normalized spacial score (nSPS) is 11.6. The topological polar surface area (TPSA) is 102 Å². The number of ketones is 1. The van der Waals surface area contributed by atoms with Crippen molar-refractivity contribution in [3.05, 3.63) is 0 Å². The summed E-state index contributed by atoms with van der Waals surface area (Å²) < 4.78 is 11.4. The number of aldehydes is 1. The third-order valence-corrected chi connectivity index (χ3v) is 3.32. The maximum absolute atomic E-state index is 11.8. The number of carbonyl (C=O) groups excluding carboxylic acids is 4. The van der Waals surface area contributed by atoms with E-state index in [0.29, 0.717) is 32.7 Å². The van der Waals surface area contributed by atoms with Gasteiger partial charge in [-0.15, -0.1) is 0 Å². The molecule has 0 radical (unpaired) electrons. The van der Waals surface area contributed by atoms with Crippen molar-refractivity contribution >= 4 is 36.7 Å². The van der Waals surface area contributed by atoms with Crippen LogP contribution in [0.3, 0.4) is 0 Å². The van der Waals surface area contributed by atoms with Crippen LogP contribution in [0, 0.1) is 5.92 Å². The summed E-state index contributed by atoms with van der Waals surface area (Å²) in [4.78, 5) is 44.4. The molecule has 0 aliphatic carbocycles. The Morgan fingerprint density at radius 2 is 1.88 bits per heavy atom. The van der Waals surface area contributed by atoms with Gasteiger partial charge in [0, 0.05) is 31.8 Å². The first-order valence-corrected chi connectivity index (χ1v) is 8.14. The van der Waals surface area contributed by atoms with Crippen molar-refractivity contribution in [2.75, 3.05) is 39.5 Å². The van der Waals surface area contributed by atoms with E-state index in [1.165, 1.54) is 6.92 Å². The first kappa shape index (κ1) is 22.6. The lowest BCUT2D eigenvalue weighted by Gasteiger charge is -2.18. The summed E-state index contributed by atoms with van der Waals surface area (Å²) in [5.74, 6) is -0.991. The molecule has 0 bridgehead atoms. The van der Waals surface area contributed by atoms with E-state index >= 15 is 0 Å². The molecule has 0 fully saturated rings. The van der Waals surface area contributed by atoms with Crippen LogP contribution >= 0.6 is 12.8 Å². The molecule has 0 aliphatic heterocycles. The lowest BCUT2D eigenvalue weighted by molar-refractivity contribution is -0.131. The summed E-state index contributed by atoms with van der Waals surface area (Å²) >= 11 is 4.03. The minimum absolute atomic E-state index is 0.0421. The van der Waals surface area contributed by atoms with Gasteiger partial charge in [0.05, 0.1) is 19.8 Å². The monoisotopic (exact) mass is 362 g/mol. The zero-order chi connectivity index (χ0) is 18.4. The molecule has 0 saturated heterocycles. The van der Waals surface area contributed by atoms with Gasteiger partial charge in [-0.25, -0.2) is 0 Å². The van der Waals surface area contributed by atoms with Crippen molar-refractivity contribution in [3.8, 4) is 0 Å². The van der Waals surface area contributed by atoms with Gasteiger partial charge in [-0.2, -0.15) is 0 Å². The van der Waals surface area contributed by atoms with Crippen LogP contribution in [-0.2, 0) is 28.7 Å². The average molecular weight is 362 g/mol. The zero-order valence-electron chi connectivity index (χ0n) is 14.2. The molecule has 138 valence electrons. The SMILES string of the molecule is CC(=O)COCCOCCNC(=O)CCN(S)C(=O)C(C)CC=O. The molecule has 2 amide bonds. The van der Waals surface area contributed by atoms with E-state index in [2.05, 4.69) is 18.1 Å². The molecular formula is C15H26N2O6S. The van der Waals surface area contributed by atoms with Gasteiger partial charge in [-0.1, -0.05) is 19.7 Å². The minimum Gasteiger partial charge on any atom is -0.377 e. The van der Waals surface area contributed by atoms with E-state index in [1.54, 1.807) is 6.92 Å². The van der Waals surface area contributed by atoms with Crippen LogP contribution in [0.4, 0.5) is 0 Å². The highest BCUT2D eigenvalue weighted by Gasteiger charge is 2.18. The minimum atomic E-state index is -0.443. The van der Waals surface area contributed by atoms with Crippen LogP contribution in [0.5, 0.6) is 0 Å². The molecule has 0 heterocycles. The number of Topliss-reactive ketones (excluding diaryl/α,β-unsaturated/α-hetero) is 1. The molecule has 8 nitrogen and oxygen atoms in total. The fraction of sp³-hybridized carbons (Fsp3) is 0.733. The molecule has 9 heteroatoms. The van der Waals surface area contributed by atoms with Gasteiger partial charge in [0.15, 0.2) is 5.78 Å². The van der Waals surface area contributed by atoms with Gasteiger partial charge in [0.1, 0.15) is 12.9 Å². The third-order valence-electron chi connectivity index (χ3n) is 2.92. The number of ether oxygens (including phenoxy) is 2. The van der Waals surface area contributed by atoms with Gasteiger partial charge in [-0.05, 0) is 6.92 Å². The Morgan fingerprint density at radius 1 is 1.21 bits per heavy atom. The Labute approximate surface area is 147 Å². The largest absolute Gasteiger partial charge is 0.377 e. The van der Waals surface area contributed by atoms with Gasteiger partial charge in [0.25, 0.3) is 0 Å². The van der Waals surface area contributed by atoms with Gasteiger partial charge in [-0.3, -0.25) is 18.7 Å². The van der Waals surface area contributed by atoms with Gasteiger partial charge >= 0.3 is 0 Å². The predicted octanol–water partition coefficient (Wildman–Crippen LogP) is 0.0134. The highest BCUT2D eigenvalue weighted by Crippen LogP contribution is 2.08. The average Bonchev–Trinajstić information content (AvgIpc) is 2.54. The van der Waals surface area contributed by atoms with Crippen molar-refractivity contribution in [1.82, 2.24) is 9.62 Å². The summed E-state index contributed by atoms with van der Waals surface area (Å²) in [5, 5.41) is 2.65. The predicted molar refractivity (Wildman–Crippen MR) is 90.5 cm³/mol. The Morgan fingerprint density at radius 3 is 2.50 bits per heavy atom. The number of nitrogens with zero attached hydrogens (tertiary/aromatic N) is 1. The lowest BCUT2D eigenvalue weighted by Crippen LogP contribution is -2.33. The first-order chi connectivity index (χ1) is 11.4. The van der Waals surface area contributed by atoms with Gasteiger partial charge < -0.3 is 19.6 Å². The molecule has 0 aromatic rings. The summed E-state index contributed by atoms with van der Waals surface area (Å²) in [5.41, 5.74) is 0. The molecule has 24 heavy (non-hydrogen) atoms. The van der Waals surface area contributed by atoms with E-state index in [0.717, 1.165) is 4.31 Å². The number of amides is 2. The highest BCUT2D eigenvalue weighted by molar-refractivity contribution is 7.78. The second kappa shape index (κ2) is 13.9. The Balaban J connectivity index is 3.64.